The van der Waals surface area contributed by atoms with Crippen molar-refractivity contribution in [1.29, 1.82) is 0 Å². The van der Waals surface area contributed by atoms with Crippen molar-refractivity contribution in [2.24, 2.45) is 5.73 Å². The predicted molar refractivity (Wildman–Crippen MR) is 135 cm³/mol. The highest BCUT2D eigenvalue weighted by atomic mass is 16.2. The van der Waals surface area contributed by atoms with E-state index in [9.17, 15) is 9.59 Å². The van der Waals surface area contributed by atoms with Crippen LogP contribution in [0, 0.1) is 6.92 Å². The number of aryl methyl sites for hydroxylation is 1. The van der Waals surface area contributed by atoms with Gasteiger partial charge in [-0.3, -0.25) is 14.5 Å². The van der Waals surface area contributed by atoms with Crippen LogP contribution in [-0.2, 0) is 0 Å². The lowest BCUT2D eigenvalue weighted by Crippen LogP contribution is -2.52. The normalized spacial score (nSPS) is 18.8. The smallest absolute Gasteiger partial charge is 0.253 e. The zero-order valence-electron chi connectivity index (χ0n) is 20.3. The molecule has 0 aliphatic carbocycles. The first-order valence-corrected chi connectivity index (χ1v) is 12.3. The highest BCUT2D eigenvalue weighted by Gasteiger charge is 2.33. The summed E-state index contributed by atoms with van der Waals surface area (Å²) in [6.07, 6.45) is 5.88. The molecule has 7 nitrogen and oxygen atoms in total. The van der Waals surface area contributed by atoms with Gasteiger partial charge in [-0.25, -0.2) is 9.97 Å². The second-order valence-corrected chi connectivity index (χ2v) is 9.58. The Morgan fingerprint density at radius 1 is 1.06 bits per heavy atom. The number of nitrogens with two attached hydrogens (primary N) is 1. The Kier molecular flexibility index (Phi) is 6.34. The van der Waals surface area contributed by atoms with Gasteiger partial charge in [-0.2, -0.15) is 0 Å². The molecule has 1 unspecified atom stereocenters. The standard InChI is InChI=1S/C28H31N5O2/c1-18(22-15-30-19(2)31-16-22)26-24(20-7-4-3-5-8-20)13-21(14-25(26)27(29)34)28(35)33-12-11-32-10-6-9-23(32)17-33/h3-5,7-8,13-16,18,23H,6,9-12,17H2,1-2H3,(H2,29,34)/t18-,23?/m0/s1. The number of benzene rings is 2. The van der Waals surface area contributed by atoms with Gasteiger partial charge in [0.05, 0.1) is 0 Å². The maximum atomic E-state index is 13.7. The van der Waals surface area contributed by atoms with Gasteiger partial charge in [0, 0.05) is 55.1 Å². The topological polar surface area (TPSA) is 92.4 Å². The van der Waals surface area contributed by atoms with Crippen LogP contribution in [0.25, 0.3) is 11.1 Å². The molecule has 2 N–H and O–H groups in total. The number of primary amides is 1. The van der Waals surface area contributed by atoms with Gasteiger partial charge >= 0.3 is 0 Å². The minimum Gasteiger partial charge on any atom is -0.366 e. The van der Waals surface area contributed by atoms with Crippen LogP contribution in [0.1, 0.15) is 63.4 Å². The summed E-state index contributed by atoms with van der Waals surface area (Å²) >= 11 is 0. The molecule has 2 saturated heterocycles. The van der Waals surface area contributed by atoms with Gasteiger partial charge in [0.25, 0.3) is 5.91 Å². The van der Waals surface area contributed by atoms with Crippen molar-refractivity contribution in [2.45, 2.75) is 38.6 Å². The number of rotatable bonds is 5. The van der Waals surface area contributed by atoms with Crippen LogP contribution in [-0.4, -0.2) is 63.8 Å². The van der Waals surface area contributed by atoms with Crippen LogP contribution in [0.2, 0.25) is 0 Å². The van der Waals surface area contributed by atoms with Crippen molar-refractivity contribution in [2.75, 3.05) is 26.2 Å². The van der Waals surface area contributed by atoms with E-state index in [4.69, 9.17) is 5.73 Å². The summed E-state index contributed by atoms with van der Waals surface area (Å²) < 4.78 is 0. The zero-order chi connectivity index (χ0) is 24.5. The van der Waals surface area contributed by atoms with Gasteiger partial charge in [-0.1, -0.05) is 37.3 Å². The van der Waals surface area contributed by atoms with Crippen molar-refractivity contribution in [3.63, 3.8) is 0 Å². The lowest BCUT2D eigenvalue weighted by atomic mass is 9.83. The van der Waals surface area contributed by atoms with E-state index in [1.165, 1.54) is 6.42 Å². The van der Waals surface area contributed by atoms with Crippen molar-refractivity contribution < 1.29 is 9.59 Å². The number of piperazine rings is 1. The molecule has 2 fully saturated rings. The molecule has 0 bridgehead atoms. The van der Waals surface area contributed by atoms with E-state index in [0.717, 1.165) is 48.3 Å². The van der Waals surface area contributed by atoms with Crippen LogP contribution >= 0.6 is 0 Å². The molecule has 2 aromatic carbocycles. The Morgan fingerprint density at radius 2 is 1.80 bits per heavy atom. The highest BCUT2D eigenvalue weighted by Crippen LogP contribution is 2.37. The van der Waals surface area contributed by atoms with Crippen molar-refractivity contribution in [3.8, 4) is 11.1 Å². The van der Waals surface area contributed by atoms with E-state index in [1.54, 1.807) is 18.5 Å². The molecular weight excluding hydrogens is 438 g/mol. The molecule has 35 heavy (non-hydrogen) atoms. The monoisotopic (exact) mass is 469 g/mol. The zero-order valence-corrected chi connectivity index (χ0v) is 20.3. The molecule has 2 amide bonds. The summed E-state index contributed by atoms with van der Waals surface area (Å²) in [7, 11) is 0. The van der Waals surface area contributed by atoms with E-state index in [1.807, 2.05) is 55.1 Å². The lowest BCUT2D eigenvalue weighted by molar-refractivity contribution is 0.0571. The first-order chi connectivity index (χ1) is 16.9. The summed E-state index contributed by atoms with van der Waals surface area (Å²) in [6, 6.07) is 13.9. The Labute approximate surface area is 206 Å². The summed E-state index contributed by atoms with van der Waals surface area (Å²) in [5.41, 5.74) is 10.2. The Morgan fingerprint density at radius 3 is 2.51 bits per heavy atom. The summed E-state index contributed by atoms with van der Waals surface area (Å²) in [6.45, 7) is 7.29. The van der Waals surface area contributed by atoms with Gasteiger partial charge in [0.2, 0.25) is 5.91 Å². The fourth-order valence-corrected chi connectivity index (χ4v) is 5.45. The maximum absolute atomic E-state index is 13.7. The molecule has 2 aliphatic heterocycles. The minimum atomic E-state index is -0.549. The third-order valence-corrected chi connectivity index (χ3v) is 7.39. The number of fused-ring (bicyclic) bond motifs is 1. The molecule has 7 heteroatoms. The molecular formula is C28H31N5O2. The fourth-order valence-electron chi connectivity index (χ4n) is 5.45. The third kappa shape index (κ3) is 4.56. The molecule has 2 atom stereocenters. The maximum Gasteiger partial charge on any atom is 0.253 e. The number of amides is 2. The number of hydrogen-bond acceptors (Lipinski definition) is 5. The fraction of sp³-hybridized carbons (Fsp3) is 0.357. The van der Waals surface area contributed by atoms with Crippen LogP contribution in [0.15, 0.2) is 54.9 Å². The van der Waals surface area contributed by atoms with Crippen LogP contribution in [0.4, 0.5) is 0 Å². The van der Waals surface area contributed by atoms with E-state index >= 15 is 0 Å². The van der Waals surface area contributed by atoms with Gasteiger partial charge in [0.1, 0.15) is 5.82 Å². The van der Waals surface area contributed by atoms with Gasteiger partial charge in [-0.05, 0) is 60.7 Å². The highest BCUT2D eigenvalue weighted by molar-refractivity contribution is 6.03. The largest absolute Gasteiger partial charge is 0.366 e. The molecule has 3 aromatic rings. The van der Waals surface area contributed by atoms with Gasteiger partial charge in [-0.15, -0.1) is 0 Å². The van der Waals surface area contributed by atoms with E-state index in [2.05, 4.69) is 14.9 Å². The summed E-state index contributed by atoms with van der Waals surface area (Å²) in [5, 5.41) is 0. The van der Waals surface area contributed by atoms with E-state index < -0.39 is 5.91 Å². The van der Waals surface area contributed by atoms with Crippen molar-refractivity contribution in [1.82, 2.24) is 19.8 Å². The van der Waals surface area contributed by atoms with E-state index in [-0.39, 0.29) is 11.8 Å². The number of hydrogen-bond donors (Lipinski definition) is 1. The molecule has 3 heterocycles. The first kappa shape index (κ1) is 23.2. The second-order valence-electron chi connectivity index (χ2n) is 9.58. The molecule has 0 saturated carbocycles. The molecule has 180 valence electrons. The number of carbonyl (C=O) groups excluding carboxylic acids is 2. The van der Waals surface area contributed by atoms with Crippen molar-refractivity contribution in [3.05, 3.63) is 82.9 Å². The van der Waals surface area contributed by atoms with E-state index in [0.29, 0.717) is 29.5 Å². The predicted octanol–water partition coefficient (Wildman–Crippen LogP) is 3.62. The van der Waals surface area contributed by atoms with Crippen LogP contribution in [0.5, 0.6) is 0 Å². The quantitative estimate of drug-likeness (QED) is 0.616. The van der Waals surface area contributed by atoms with Gasteiger partial charge < -0.3 is 10.6 Å². The molecule has 5 rings (SSSR count). The summed E-state index contributed by atoms with van der Waals surface area (Å²) in [4.78, 5) is 39.5. The Balaban J connectivity index is 1.61. The van der Waals surface area contributed by atoms with Gasteiger partial charge in [0.15, 0.2) is 0 Å². The van der Waals surface area contributed by atoms with Crippen LogP contribution < -0.4 is 5.73 Å². The third-order valence-electron chi connectivity index (χ3n) is 7.39. The summed E-state index contributed by atoms with van der Waals surface area (Å²) in [5.74, 6) is -0.108. The average Bonchev–Trinajstić information content (AvgIpc) is 3.36. The number of aromatic nitrogens is 2. The Bertz CT molecular complexity index is 1240. The van der Waals surface area contributed by atoms with Crippen molar-refractivity contribution >= 4 is 11.8 Å². The number of carbonyl (C=O) groups is 2. The Hall–Kier alpha value is -3.58. The molecule has 0 spiro atoms. The second kappa shape index (κ2) is 9.58. The molecule has 2 aliphatic rings. The SMILES string of the molecule is Cc1ncc([C@H](C)c2c(C(N)=O)cc(C(=O)N3CCN4CCCC4C3)cc2-c2ccccc2)cn1. The first-order valence-electron chi connectivity index (χ1n) is 12.3. The van der Waals surface area contributed by atoms with Crippen LogP contribution in [0.3, 0.4) is 0 Å². The minimum absolute atomic E-state index is 0.0471. The molecule has 0 radical (unpaired) electrons. The molecule has 1 aromatic heterocycles. The lowest BCUT2D eigenvalue weighted by Gasteiger charge is -2.37. The number of nitrogens with zero attached hydrogens (tertiary/aromatic N) is 4. The average molecular weight is 470 g/mol.